The Kier molecular flexibility index (Phi) is 8.65. The predicted octanol–water partition coefficient (Wildman–Crippen LogP) is 4.40. The van der Waals surface area contributed by atoms with Gasteiger partial charge in [0.1, 0.15) is 0 Å². The summed E-state index contributed by atoms with van der Waals surface area (Å²) in [6, 6.07) is 12.0. The molecule has 36 heavy (non-hydrogen) atoms. The van der Waals surface area contributed by atoms with Gasteiger partial charge in [0.25, 0.3) is 17.7 Å². The number of ether oxygens (including phenoxy) is 2. The van der Waals surface area contributed by atoms with Gasteiger partial charge in [0.2, 0.25) is 0 Å². The third-order valence-electron chi connectivity index (χ3n) is 5.64. The first-order valence-electron chi connectivity index (χ1n) is 11.3. The van der Waals surface area contributed by atoms with Crippen molar-refractivity contribution in [3.8, 4) is 11.5 Å². The van der Waals surface area contributed by atoms with Gasteiger partial charge in [0, 0.05) is 18.7 Å². The van der Waals surface area contributed by atoms with E-state index in [0.717, 1.165) is 49.1 Å². The van der Waals surface area contributed by atoms with E-state index < -0.39 is 11.8 Å². The van der Waals surface area contributed by atoms with E-state index in [9.17, 15) is 14.4 Å². The Morgan fingerprint density at radius 1 is 1.17 bits per heavy atom. The maximum atomic E-state index is 12.9. The first-order valence-corrected chi connectivity index (χ1v) is 13.3. The lowest BCUT2D eigenvalue weighted by Crippen LogP contribution is -2.44. The number of thiocarbonyl (C=S) groups is 1. The summed E-state index contributed by atoms with van der Waals surface area (Å²) in [4.78, 5) is 40.1. The lowest BCUT2D eigenvalue weighted by atomic mass is 10.1. The molecule has 8 nitrogen and oxygen atoms in total. The summed E-state index contributed by atoms with van der Waals surface area (Å²) in [5.41, 5.74) is 3.63. The maximum Gasteiger partial charge on any atom is 0.285 e. The molecule has 0 bridgehead atoms. The number of thioether (sulfide) groups is 1. The van der Waals surface area contributed by atoms with Crippen LogP contribution in [0.1, 0.15) is 35.2 Å². The molecule has 1 N–H and O–H groups in total. The molecule has 0 unspecified atom stereocenters. The van der Waals surface area contributed by atoms with Crippen LogP contribution in [0, 0.1) is 0 Å². The molecule has 0 spiro atoms. The molecule has 0 aliphatic carbocycles. The molecule has 2 aliphatic heterocycles. The Bertz CT molecular complexity index is 1220. The van der Waals surface area contributed by atoms with Crippen LogP contribution < -0.4 is 14.9 Å². The zero-order chi connectivity index (χ0) is 25.7. The fourth-order valence-corrected chi connectivity index (χ4v) is 5.56. The Balaban J connectivity index is 1.46. The van der Waals surface area contributed by atoms with Crippen molar-refractivity contribution in [1.82, 2.24) is 15.3 Å². The Hall–Kier alpha value is -2.89. The van der Waals surface area contributed by atoms with Crippen LogP contribution in [0.4, 0.5) is 0 Å². The Morgan fingerprint density at radius 2 is 1.89 bits per heavy atom. The number of carbonyl (C=O) groups is 3. The number of likely N-dealkylation sites (tertiary alicyclic amines) is 1. The summed E-state index contributed by atoms with van der Waals surface area (Å²) >= 11 is 9.88. The molecule has 2 fully saturated rings. The number of carbonyl (C=O) groups excluding carboxylic acids is 3. The minimum atomic E-state index is -0.433. The molecule has 11 heteroatoms. The molecule has 2 aliphatic rings. The van der Waals surface area contributed by atoms with Crippen LogP contribution in [0.2, 0.25) is 0 Å². The predicted molar refractivity (Wildman–Crippen MR) is 146 cm³/mol. The highest BCUT2D eigenvalue weighted by Crippen LogP contribution is 2.39. The lowest BCUT2D eigenvalue weighted by Gasteiger charge is -2.26. The van der Waals surface area contributed by atoms with Crippen molar-refractivity contribution in [3.05, 3.63) is 63.0 Å². The van der Waals surface area contributed by atoms with Gasteiger partial charge in [-0.2, -0.15) is 5.01 Å². The summed E-state index contributed by atoms with van der Waals surface area (Å²) in [7, 11) is 1.50. The van der Waals surface area contributed by atoms with Gasteiger partial charge < -0.3 is 14.4 Å². The number of nitrogens with zero attached hydrogens (tertiary/aromatic N) is 2. The standard InChI is InChI=1S/C25H24BrN3O5S2/c1-33-19-13-16(12-18(26)22(19)34-15-21(30)28-10-6-3-7-11-28)14-20-24(32)29(25(35)36-20)27-23(31)17-8-4-2-5-9-17/h2,4-5,8-9,12-14H,3,6-7,10-11,15H2,1H3,(H,27,31)/b20-14+. The second-order valence-electron chi connectivity index (χ2n) is 8.09. The van der Waals surface area contributed by atoms with E-state index in [1.807, 2.05) is 4.90 Å². The van der Waals surface area contributed by atoms with Crippen LogP contribution in [0.25, 0.3) is 6.08 Å². The van der Waals surface area contributed by atoms with Crippen LogP contribution in [0.3, 0.4) is 0 Å². The first kappa shape index (κ1) is 26.2. The topological polar surface area (TPSA) is 88.2 Å². The molecular formula is C25H24BrN3O5S2. The summed E-state index contributed by atoms with van der Waals surface area (Å²) in [6.07, 6.45) is 4.82. The molecule has 2 saturated heterocycles. The number of hydrogen-bond acceptors (Lipinski definition) is 7. The van der Waals surface area contributed by atoms with E-state index in [1.165, 1.54) is 7.11 Å². The second-order valence-corrected chi connectivity index (χ2v) is 10.6. The van der Waals surface area contributed by atoms with Crippen LogP contribution in [-0.4, -0.2) is 58.8 Å². The van der Waals surface area contributed by atoms with Crippen molar-refractivity contribution in [3.63, 3.8) is 0 Å². The van der Waals surface area contributed by atoms with E-state index in [4.69, 9.17) is 21.7 Å². The van der Waals surface area contributed by atoms with Crippen LogP contribution >= 0.6 is 39.9 Å². The van der Waals surface area contributed by atoms with E-state index >= 15 is 0 Å². The maximum absolute atomic E-state index is 12.9. The average Bonchev–Trinajstić information content (AvgIpc) is 3.15. The minimum Gasteiger partial charge on any atom is -0.493 e. The fourth-order valence-electron chi connectivity index (χ4n) is 3.80. The Morgan fingerprint density at radius 3 is 2.58 bits per heavy atom. The number of hydrogen-bond donors (Lipinski definition) is 1. The number of benzene rings is 2. The van der Waals surface area contributed by atoms with Gasteiger partial charge >= 0.3 is 0 Å². The third-order valence-corrected chi connectivity index (χ3v) is 7.53. The van der Waals surface area contributed by atoms with E-state index in [2.05, 4.69) is 21.4 Å². The summed E-state index contributed by atoms with van der Waals surface area (Å²) < 4.78 is 12.1. The summed E-state index contributed by atoms with van der Waals surface area (Å²) in [5.74, 6) is -0.110. The number of amides is 3. The van der Waals surface area contributed by atoms with Crippen molar-refractivity contribution in [2.45, 2.75) is 19.3 Å². The number of nitrogens with one attached hydrogen (secondary N) is 1. The van der Waals surface area contributed by atoms with Crippen molar-refractivity contribution in [2.24, 2.45) is 0 Å². The second kappa shape index (κ2) is 11.9. The number of rotatable bonds is 7. The molecule has 2 aromatic rings. The van der Waals surface area contributed by atoms with Crippen molar-refractivity contribution in [1.29, 1.82) is 0 Å². The number of hydrazine groups is 1. The highest BCUT2D eigenvalue weighted by Gasteiger charge is 2.34. The molecule has 2 heterocycles. The smallest absolute Gasteiger partial charge is 0.285 e. The average molecular weight is 591 g/mol. The quantitative estimate of drug-likeness (QED) is 0.378. The molecule has 0 atom stereocenters. The molecule has 0 aromatic heterocycles. The summed E-state index contributed by atoms with van der Waals surface area (Å²) in [6.45, 7) is 1.42. The van der Waals surface area contributed by atoms with Gasteiger partial charge in [-0.05, 0) is 83.3 Å². The molecule has 2 aromatic carbocycles. The number of halogens is 1. The minimum absolute atomic E-state index is 0.0612. The number of methoxy groups -OCH3 is 1. The first-order chi connectivity index (χ1) is 17.4. The van der Waals surface area contributed by atoms with Crippen LogP contribution in [0.5, 0.6) is 11.5 Å². The van der Waals surface area contributed by atoms with Crippen molar-refractivity contribution >= 4 is 68.0 Å². The number of piperidine rings is 1. The lowest BCUT2D eigenvalue weighted by molar-refractivity contribution is -0.134. The normalized spacial score (nSPS) is 16.9. The largest absolute Gasteiger partial charge is 0.493 e. The van der Waals surface area contributed by atoms with Gasteiger partial charge in [-0.15, -0.1) is 0 Å². The monoisotopic (exact) mass is 589 g/mol. The van der Waals surface area contributed by atoms with Crippen molar-refractivity contribution < 1.29 is 23.9 Å². The van der Waals surface area contributed by atoms with E-state index in [-0.39, 0.29) is 16.8 Å². The van der Waals surface area contributed by atoms with E-state index in [1.54, 1.807) is 48.5 Å². The zero-order valence-corrected chi connectivity index (χ0v) is 22.7. The highest BCUT2D eigenvalue weighted by atomic mass is 79.9. The highest BCUT2D eigenvalue weighted by molar-refractivity contribution is 9.10. The third kappa shape index (κ3) is 6.08. The van der Waals surface area contributed by atoms with E-state index in [0.29, 0.717) is 32.0 Å². The molecule has 3 amide bonds. The van der Waals surface area contributed by atoms with Gasteiger partial charge in [-0.3, -0.25) is 19.8 Å². The molecule has 0 saturated carbocycles. The SMILES string of the molecule is COc1cc(/C=C2/SC(=S)N(NC(=O)c3ccccc3)C2=O)cc(Br)c1OCC(=O)N1CCCCC1. The molecular weight excluding hydrogens is 566 g/mol. The molecule has 4 rings (SSSR count). The van der Waals surface area contributed by atoms with Gasteiger partial charge in [-0.1, -0.05) is 30.0 Å². The molecule has 0 radical (unpaired) electrons. The summed E-state index contributed by atoms with van der Waals surface area (Å²) in [5, 5.41) is 1.07. The fraction of sp³-hybridized carbons (Fsp3) is 0.280. The van der Waals surface area contributed by atoms with Gasteiger partial charge in [0.05, 0.1) is 16.5 Å². The zero-order valence-electron chi connectivity index (χ0n) is 19.5. The van der Waals surface area contributed by atoms with Gasteiger partial charge in [0.15, 0.2) is 22.4 Å². The van der Waals surface area contributed by atoms with Crippen LogP contribution in [0.15, 0.2) is 51.8 Å². The van der Waals surface area contributed by atoms with Crippen molar-refractivity contribution in [2.75, 3.05) is 26.8 Å². The Labute approximate surface area is 227 Å². The van der Waals surface area contributed by atoms with Crippen LogP contribution in [-0.2, 0) is 9.59 Å². The van der Waals surface area contributed by atoms with Gasteiger partial charge in [-0.25, -0.2) is 0 Å². The molecule has 188 valence electrons.